The van der Waals surface area contributed by atoms with Crippen molar-refractivity contribution >= 4 is 21.5 Å². The third-order valence-electron chi connectivity index (χ3n) is 4.63. The molecule has 3 N–H and O–H groups in total. The maximum absolute atomic E-state index is 15.0. The first-order valence-electron chi connectivity index (χ1n) is 9.30. The number of aliphatic hydroxyl groups is 1. The zero-order valence-corrected chi connectivity index (χ0v) is 16.9. The molecular formula is C19H23F2N3O4S. The number of rotatable bonds is 8. The van der Waals surface area contributed by atoms with E-state index in [0.29, 0.717) is 30.2 Å². The first kappa shape index (κ1) is 21.3. The van der Waals surface area contributed by atoms with Gasteiger partial charge < -0.3 is 15.2 Å². The van der Waals surface area contributed by atoms with E-state index < -0.39 is 44.9 Å². The van der Waals surface area contributed by atoms with Crippen molar-refractivity contribution in [3.8, 4) is 5.75 Å². The van der Waals surface area contributed by atoms with Gasteiger partial charge in [0.15, 0.2) is 5.82 Å². The number of aromatic nitrogens is 1. The Morgan fingerprint density at radius 3 is 2.83 bits per heavy atom. The standard InChI is InChI=1S/C19H23F2N3O4S/c1-3-7-29(26,27)24-15-6-5-14(20)16(17(15)21)18(25)13-10-23-19-12(13)8-11(9-22-19)28-4-2/h5-6,8-9,13,18,24-25H,3-4,7,10H2,1-2H3,(H,22,23). The lowest BCUT2D eigenvalue weighted by atomic mass is 9.90. The maximum atomic E-state index is 15.0. The highest BCUT2D eigenvalue weighted by atomic mass is 32.2. The van der Waals surface area contributed by atoms with E-state index in [1.807, 2.05) is 6.92 Å². The number of ether oxygens (including phenoxy) is 1. The zero-order chi connectivity index (χ0) is 21.2. The summed E-state index contributed by atoms with van der Waals surface area (Å²) in [5, 5.41) is 13.8. The minimum atomic E-state index is -3.78. The van der Waals surface area contributed by atoms with Crippen LogP contribution in [-0.4, -0.2) is 37.4 Å². The van der Waals surface area contributed by atoms with E-state index in [2.05, 4.69) is 15.0 Å². The molecule has 7 nitrogen and oxygen atoms in total. The van der Waals surface area contributed by atoms with Crippen molar-refractivity contribution in [2.75, 3.05) is 28.9 Å². The molecule has 2 aromatic rings. The predicted molar refractivity (Wildman–Crippen MR) is 106 cm³/mol. The smallest absolute Gasteiger partial charge is 0.232 e. The number of halogens is 2. The van der Waals surface area contributed by atoms with Crippen molar-refractivity contribution in [3.05, 3.63) is 47.2 Å². The van der Waals surface area contributed by atoms with Gasteiger partial charge in [0.25, 0.3) is 0 Å². The fourth-order valence-electron chi connectivity index (χ4n) is 3.34. The molecule has 0 saturated carbocycles. The van der Waals surface area contributed by atoms with Gasteiger partial charge in [-0.15, -0.1) is 0 Å². The third-order valence-corrected chi connectivity index (χ3v) is 6.11. The average Bonchev–Trinajstić information content (AvgIpc) is 3.07. The highest BCUT2D eigenvalue weighted by Crippen LogP contribution is 2.42. The summed E-state index contributed by atoms with van der Waals surface area (Å²) in [6.45, 7) is 4.12. The van der Waals surface area contributed by atoms with Crippen LogP contribution >= 0.6 is 0 Å². The van der Waals surface area contributed by atoms with Gasteiger partial charge in [0.05, 0.1) is 35.9 Å². The highest BCUT2D eigenvalue weighted by Gasteiger charge is 2.35. The van der Waals surface area contributed by atoms with E-state index in [0.717, 1.165) is 12.1 Å². The second kappa shape index (κ2) is 8.50. The van der Waals surface area contributed by atoms with Crippen LogP contribution in [0.25, 0.3) is 0 Å². The van der Waals surface area contributed by atoms with Crippen LogP contribution in [0.1, 0.15) is 43.4 Å². The van der Waals surface area contributed by atoms with Gasteiger partial charge >= 0.3 is 0 Å². The number of aliphatic hydroxyl groups excluding tert-OH is 1. The molecule has 0 aliphatic carbocycles. The minimum absolute atomic E-state index is 0.201. The number of nitrogens with zero attached hydrogens (tertiary/aromatic N) is 1. The number of hydrogen-bond donors (Lipinski definition) is 3. The third kappa shape index (κ3) is 4.43. The summed E-state index contributed by atoms with van der Waals surface area (Å²) >= 11 is 0. The number of pyridine rings is 1. The van der Waals surface area contributed by atoms with Crippen LogP contribution < -0.4 is 14.8 Å². The molecule has 0 saturated heterocycles. The topological polar surface area (TPSA) is 101 Å². The van der Waals surface area contributed by atoms with Gasteiger partial charge in [-0.3, -0.25) is 4.72 Å². The normalized spacial score (nSPS) is 16.8. The Hall–Kier alpha value is -2.46. The molecule has 0 radical (unpaired) electrons. The van der Waals surface area contributed by atoms with Crippen molar-refractivity contribution < 1.29 is 27.0 Å². The van der Waals surface area contributed by atoms with Gasteiger partial charge in [-0.2, -0.15) is 0 Å². The van der Waals surface area contributed by atoms with Crippen LogP contribution in [0.4, 0.5) is 20.3 Å². The molecule has 0 amide bonds. The summed E-state index contributed by atoms with van der Waals surface area (Å²) in [5.41, 5.74) is -0.427. The first-order chi connectivity index (χ1) is 13.8. The minimum Gasteiger partial charge on any atom is -0.492 e. The lowest BCUT2D eigenvalue weighted by molar-refractivity contribution is 0.142. The van der Waals surface area contributed by atoms with Crippen LogP contribution in [0.5, 0.6) is 5.75 Å². The van der Waals surface area contributed by atoms with Crippen molar-refractivity contribution in [1.82, 2.24) is 4.98 Å². The molecular weight excluding hydrogens is 404 g/mol. The SMILES string of the molecule is CCCS(=O)(=O)Nc1ccc(F)c(C(O)C2CNc3ncc(OCC)cc32)c1F. The molecule has 0 bridgehead atoms. The first-order valence-corrected chi connectivity index (χ1v) is 11.0. The Bertz CT molecular complexity index is 1000. The van der Waals surface area contributed by atoms with E-state index in [-0.39, 0.29) is 12.3 Å². The second-order valence-electron chi connectivity index (χ2n) is 6.72. The number of hydrogen-bond acceptors (Lipinski definition) is 6. The van der Waals surface area contributed by atoms with E-state index in [4.69, 9.17) is 4.74 Å². The van der Waals surface area contributed by atoms with E-state index in [1.54, 1.807) is 13.0 Å². The van der Waals surface area contributed by atoms with E-state index in [1.165, 1.54) is 6.20 Å². The van der Waals surface area contributed by atoms with Gasteiger partial charge in [-0.05, 0) is 31.5 Å². The molecule has 29 heavy (non-hydrogen) atoms. The molecule has 1 aromatic heterocycles. The number of sulfonamides is 1. The van der Waals surface area contributed by atoms with Crippen LogP contribution in [0, 0.1) is 11.6 Å². The maximum Gasteiger partial charge on any atom is 0.232 e. The largest absolute Gasteiger partial charge is 0.492 e. The molecule has 0 fully saturated rings. The number of fused-ring (bicyclic) bond motifs is 1. The Balaban J connectivity index is 1.96. The highest BCUT2D eigenvalue weighted by molar-refractivity contribution is 7.92. The van der Waals surface area contributed by atoms with Crippen molar-refractivity contribution in [2.45, 2.75) is 32.3 Å². The Labute approximate surface area is 168 Å². The molecule has 2 atom stereocenters. The zero-order valence-electron chi connectivity index (χ0n) is 16.1. The van der Waals surface area contributed by atoms with Crippen LogP contribution in [0.3, 0.4) is 0 Å². The lowest BCUT2D eigenvalue weighted by Crippen LogP contribution is -2.20. The summed E-state index contributed by atoms with van der Waals surface area (Å²) in [6.07, 6.45) is 0.305. The van der Waals surface area contributed by atoms with Gasteiger partial charge in [-0.25, -0.2) is 22.2 Å². The summed E-state index contributed by atoms with van der Waals surface area (Å²) in [6, 6.07) is 3.61. The molecule has 1 aliphatic heterocycles. The summed E-state index contributed by atoms with van der Waals surface area (Å²) in [4.78, 5) is 4.21. The quantitative estimate of drug-likeness (QED) is 0.598. The van der Waals surface area contributed by atoms with E-state index >= 15 is 0 Å². The number of nitrogens with one attached hydrogen (secondary N) is 2. The molecule has 3 rings (SSSR count). The molecule has 10 heteroatoms. The predicted octanol–water partition coefficient (Wildman–Crippen LogP) is 3.15. The van der Waals surface area contributed by atoms with Gasteiger partial charge in [0, 0.05) is 18.0 Å². The summed E-state index contributed by atoms with van der Waals surface area (Å²) < 4.78 is 60.9. The average molecular weight is 427 g/mol. The van der Waals surface area contributed by atoms with Crippen molar-refractivity contribution in [2.24, 2.45) is 0 Å². The number of anilines is 2. The van der Waals surface area contributed by atoms with Crippen LogP contribution in [0.15, 0.2) is 24.4 Å². The molecule has 2 heterocycles. The van der Waals surface area contributed by atoms with Gasteiger partial charge in [0.1, 0.15) is 17.4 Å². The Morgan fingerprint density at radius 1 is 1.38 bits per heavy atom. The van der Waals surface area contributed by atoms with Crippen molar-refractivity contribution in [1.29, 1.82) is 0 Å². The van der Waals surface area contributed by atoms with Crippen LogP contribution in [0.2, 0.25) is 0 Å². The Morgan fingerprint density at radius 2 is 2.14 bits per heavy atom. The molecule has 0 spiro atoms. The van der Waals surface area contributed by atoms with Crippen molar-refractivity contribution in [3.63, 3.8) is 0 Å². The van der Waals surface area contributed by atoms with Gasteiger partial charge in [-0.1, -0.05) is 6.92 Å². The van der Waals surface area contributed by atoms with Crippen LogP contribution in [-0.2, 0) is 10.0 Å². The van der Waals surface area contributed by atoms with E-state index in [9.17, 15) is 22.3 Å². The molecule has 1 aromatic carbocycles. The fourth-order valence-corrected chi connectivity index (χ4v) is 4.48. The monoisotopic (exact) mass is 427 g/mol. The summed E-state index contributed by atoms with van der Waals surface area (Å²) in [5.74, 6) is -2.01. The summed E-state index contributed by atoms with van der Waals surface area (Å²) in [7, 11) is -3.78. The second-order valence-corrected chi connectivity index (χ2v) is 8.56. The molecule has 1 aliphatic rings. The Kier molecular flexibility index (Phi) is 6.23. The number of benzene rings is 1. The fraction of sp³-hybridized carbons (Fsp3) is 0.421. The van der Waals surface area contributed by atoms with Gasteiger partial charge in [0.2, 0.25) is 10.0 Å². The molecule has 158 valence electrons. The lowest BCUT2D eigenvalue weighted by Gasteiger charge is -2.21. The molecule has 2 unspecified atom stereocenters.